The van der Waals surface area contributed by atoms with Crippen molar-refractivity contribution in [1.29, 1.82) is 0 Å². The Hall–Kier alpha value is -0.0800. The van der Waals surface area contributed by atoms with Crippen LogP contribution in [0.1, 0.15) is 104 Å². The highest BCUT2D eigenvalue weighted by Gasteiger charge is 1.94. The van der Waals surface area contributed by atoms with E-state index in [9.17, 15) is 0 Å². The van der Waals surface area contributed by atoms with E-state index in [0.29, 0.717) is 0 Å². The Morgan fingerprint density at radius 2 is 0.682 bits per heavy atom. The lowest BCUT2D eigenvalue weighted by molar-refractivity contribution is 0.0449. The molecule has 0 atom stereocenters. The first kappa shape index (κ1) is 21.9. The molecular weight excluding hydrogens is 272 g/mol. The molecule has 0 aliphatic rings. The highest BCUT2D eigenvalue weighted by atomic mass is 16.5. The van der Waals surface area contributed by atoms with E-state index in [0.717, 1.165) is 26.4 Å². The first-order valence-corrected chi connectivity index (χ1v) is 10.1. The lowest BCUT2D eigenvalue weighted by Crippen LogP contribution is -2.06. The molecular formula is C20H42O2. The van der Waals surface area contributed by atoms with Crippen LogP contribution in [-0.4, -0.2) is 26.4 Å². The molecule has 0 fully saturated rings. The van der Waals surface area contributed by atoms with Gasteiger partial charge >= 0.3 is 0 Å². The van der Waals surface area contributed by atoms with Crippen LogP contribution in [-0.2, 0) is 9.47 Å². The van der Waals surface area contributed by atoms with Crippen LogP contribution in [0.4, 0.5) is 0 Å². The highest BCUT2D eigenvalue weighted by Crippen LogP contribution is 2.11. The molecule has 0 amide bonds. The summed E-state index contributed by atoms with van der Waals surface area (Å²) in [5, 5.41) is 0. The summed E-state index contributed by atoms with van der Waals surface area (Å²) in [6, 6.07) is 0. The first-order chi connectivity index (χ1) is 10.9. The zero-order chi connectivity index (χ0) is 16.1. The van der Waals surface area contributed by atoms with E-state index in [1.165, 1.54) is 89.9 Å². The van der Waals surface area contributed by atoms with Crippen LogP contribution in [0, 0.1) is 0 Å². The van der Waals surface area contributed by atoms with Gasteiger partial charge in [-0.1, -0.05) is 90.9 Å². The number of unbranched alkanes of at least 4 members (excludes halogenated alkanes) is 12. The Labute approximate surface area is 140 Å². The van der Waals surface area contributed by atoms with E-state index in [4.69, 9.17) is 9.47 Å². The molecule has 0 aromatic rings. The Morgan fingerprint density at radius 1 is 0.364 bits per heavy atom. The van der Waals surface area contributed by atoms with Crippen molar-refractivity contribution >= 4 is 0 Å². The van der Waals surface area contributed by atoms with E-state index in [2.05, 4.69) is 13.8 Å². The predicted molar refractivity (Wildman–Crippen MR) is 97.6 cm³/mol. The van der Waals surface area contributed by atoms with Gasteiger partial charge in [-0.3, -0.25) is 0 Å². The van der Waals surface area contributed by atoms with Crippen molar-refractivity contribution in [3.05, 3.63) is 0 Å². The molecule has 0 saturated carbocycles. The molecule has 2 heteroatoms. The van der Waals surface area contributed by atoms with Crippen LogP contribution in [0.5, 0.6) is 0 Å². The van der Waals surface area contributed by atoms with Crippen molar-refractivity contribution in [1.82, 2.24) is 0 Å². The van der Waals surface area contributed by atoms with Crippen molar-refractivity contribution in [2.24, 2.45) is 0 Å². The molecule has 0 N–H and O–H groups in total. The fourth-order valence-corrected chi connectivity index (χ4v) is 2.64. The minimum absolute atomic E-state index is 0.766. The molecule has 2 nitrogen and oxygen atoms in total. The summed E-state index contributed by atoms with van der Waals surface area (Å²) in [5.41, 5.74) is 0. The first-order valence-electron chi connectivity index (χ1n) is 10.1. The third kappa shape index (κ3) is 19.9. The second kappa shape index (κ2) is 20.9. The molecule has 22 heavy (non-hydrogen) atoms. The van der Waals surface area contributed by atoms with Crippen molar-refractivity contribution in [3.8, 4) is 0 Å². The van der Waals surface area contributed by atoms with E-state index in [1.807, 2.05) is 0 Å². The van der Waals surface area contributed by atoms with Gasteiger partial charge in [-0.15, -0.1) is 0 Å². The minimum Gasteiger partial charge on any atom is -0.379 e. The molecule has 134 valence electrons. The molecule has 0 aromatic heterocycles. The van der Waals surface area contributed by atoms with Crippen molar-refractivity contribution in [2.45, 2.75) is 104 Å². The fraction of sp³-hybridized carbons (Fsp3) is 1.00. The Kier molecular flexibility index (Phi) is 20.8. The molecule has 0 rings (SSSR count). The van der Waals surface area contributed by atoms with Crippen LogP contribution >= 0.6 is 0 Å². The molecule has 0 aliphatic heterocycles. The van der Waals surface area contributed by atoms with Gasteiger partial charge in [-0.05, 0) is 12.8 Å². The van der Waals surface area contributed by atoms with Gasteiger partial charge in [-0.25, -0.2) is 0 Å². The lowest BCUT2D eigenvalue weighted by atomic mass is 10.1. The summed E-state index contributed by atoms with van der Waals surface area (Å²) < 4.78 is 11.1. The molecule has 0 spiro atoms. The largest absolute Gasteiger partial charge is 0.379 e. The lowest BCUT2D eigenvalue weighted by Gasteiger charge is -2.06. The van der Waals surface area contributed by atoms with Crippen LogP contribution in [0.15, 0.2) is 0 Å². The normalized spacial score (nSPS) is 11.2. The average Bonchev–Trinajstić information content (AvgIpc) is 2.54. The van der Waals surface area contributed by atoms with Gasteiger partial charge in [0.05, 0.1) is 13.2 Å². The summed E-state index contributed by atoms with van der Waals surface area (Å²) in [4.78, 5) is 0. The Bertz CT molecular complexity index is 163. The molecule has 0 saturated heterocycles. The second-order valence-electron chi connectivity index (χ2n) is 6.47. The minimum atomic E-state index is 0.766. The molecule has 0 unspecified atom stereocenters. The Morgan fingerprint density at radius 3 is 1.14 bits per heavy atom. The Balaban J connectivity index is 2.91. The van der Waals surface area contributed by atoms with Gasteiger partial charge in [-0.2, -0.15) is 0 Å². The second-order valence-corrected chi connectivity index (χ2v) is 6.47. The summed E-state index contributed by atoms with van der Waals surface area (Å²) in [6.07, 6.45) is 19.0. The van der Waals surface area contributed by atoms with E-state index >= 15 is 0 Å². The topological polar surface area (TPSA) is 18.5 Å². The van der Waals surface area contributed by atoms with Gasteiger partial charge in [0, 0.05) is 13.2 Å². The maximum absolute atomic E-state index is 5.60. The maximum Gasteiger partial charge on any atom is 0.0700 e. The average molecular weight is 315 g/mol. The number of rotatable bonds is 19. The number of hydrogen-bond donors (Lipinski definition) is 0. The van der Waals surface area contributed by atoms with Gasteiger partial charge < -0.3 is 9.47 Å². The van der Waals surface area contributed by atoms with Gasteiger partial charge in [0.2, 0.25) is 0 Å². The monoisotopic (exact) mass is 314 g/mol. The summed E-state index contributed by atoms with van der Waals surface area (Å²) in [5.74, 6) is 0. The fourth-order valence-electron chi connectivity index (χ4n) is 2.64. The van der Waals surface area contributed by atoms with Crippen molar-refractivity contribution in [3.63, 3.8) is 0 Å². The van der Waals surface area contributed by atoms with Gasteiger partial charge in [0.15, 0.2) is 0 Å². The quantitative estimate of drug-likeness (QED) is 0.253. The molecule has 0 aromatic carbocycles. The standard InChI is InChI=1S/C20H42O2/c1-3-5-7-8-9-10-11-12-13-14-16-18-22-20-19-21-17-15-6-4-2/h3-20H2,1-2H3. The van der Waals surface area contributed by atoms with E-state index in [-0.39, 0.29) is 0 Å². The maximum atomic E-state index is 5.60. The van der Waals surface area contributed by atoms with Crippen LogP contribution < -0.4 is 0 Å². The highest BCUT2D eigenvalue weighted by molar-refractivity contribution is 4.48. The van der Waals surface area contributed by atoms with Gasteiger partial charge in [0.25, 0.3) is 0 Å². The van der Waals surface area contributed by atoms with Crippen LogP contribution in [0.3, 0.4) is 0 Å². The van der Waals surface area contributed by atoms with Crippen molar-refractivity contribution < 1.29 is 9.47 Å². The number of ether oxygens (including phenoxy) is 2. The molecule has 0 aliphatic carbocycles. The molecule has 0 radical (unpaired) electrons. The zero-order valence-electron chi connectivity index (χ0n) is 15.5. The number of hydrogen-bond acceptors (Lipinski definition) is 2. The zero-order valence-corrected chi connectivity index (χ0v) is 15.5. The third-order valence-corrected chi connectivity index (χ3v) is 4.16. The van der Waals surface area contributed by atoms with Crippen LogP contribution in [0.25, 0.3) is 0 Å². The van der Waals surface area contributed by atoms with Crippen molar-refractivity contribution in [2.75, 3.05) is 26.4 Å². The smallest absolute Gasteiger partial charge is 0.0700 e. The molecule has 0 bridgehead atoms. The predicted octanol–water partition coefficient (Wildman–Crippen LogP) is 6.52. The summed E-state index contributed by atoms with van der Waals surface area (Å²) in [6.45, 7) is 7.84. The SMILES string of the molecule is CCCCCCCCCCCCCOCCOCCCCC. The van der Waals surface area contributed by atoms with Crippen LogP contribution in [0.2, 0.25) is 0 Å². The summed E-state index contributed by atoms with van der Waals surface area (Å²) >= 11 is 0. The van der Waals surface area contributed by atoms with E-state index < -0.39 is 0 Å². The molecule has 0 heterocycles. The summed E-state index contributed by atoms with van der Waals surface area (Å²) in [7, 11) is 0. The van der Waals surface area contributed by atoms with Gasteiger partial charge in [0.1, 0.15) is 0 Å². The van der Waals surface area contributed by atoms with E-state index in [1.54, 1.807) is 0 Å². The third-order valence-electron chi connectivity index (χ3n) is 4.16.